The quantitative estimate of drug-likeness (QED) is 0.631. The van der Waals surface area contributed by atoms with Gasteiger partial charge in [0, 0.05) is 12.6 Å². The van der Waals surface area contributed by atoms with Crippen molar-refractivity contribution in [1.29, 1.82) is 0 Å². The van der Waals surface area contributed by atoms with Crippen LogP contribution in [0.5, 0.6) is 0 Å². The van der Waals surface area contributed by atoms with E-state index in [0.29, 0.717) is 6.54 Å². The summed E-state index contributed by atoms with van der Waals surface area (Å²) in [6.07, 6.45) is 5.19. The maximum absolute atomic E-state index is 8.72. The second-order valence-electron chi connectivity index (χ2n) is 4.24. The third-order valence-electron chi connectivity index (χ3n) is 2.46. The molecule has 1 aliphatic rings. The van der Waals surface area contributed by atoms with Crippen LogP contribution in [0.3, 0.4) is 0 Å². The van der Waals surface area contributed by atoms with Crippen molar-refractivity contribution in [2.24, 2.45) is 0 Å². The van der Waals surface area contributed by atoms with E-state index in [0.717, 1.165) is 25.6 Å². The normalized spacial score (nSPS) is 15.9. The first kappa shape index (κ1) is 19.2. The molecule has 0 spiro atoms. The summed E-state index contributed by atoms with van der Waals surface area (Å²) in [4.78, 5) is 0. The molecule has 0 saturated heterocycles. The van der Waals surface area contributed by atoms with Crippen LogP contribution in [0.2, 0.25) is 0 Å². The summed E-state index contributed by atoms with van der Waals surface area (Å²) in [5, 5.41) is 15.2. The van der Waals surface area contributed by atoms with Crippen LogP contribution in [-0.2, 0) is 0 Å². The minimum atomic E-state index is -0.207. The molecular weight excluding hydrogens is 212 g/mol. The highest BCUT2D eigenvalue weighted by Gasteiger charge is 2.14. The van der Waals surface area contributed by atoms with Crippen LogP contribution in [-0.4, -0.2) is 36.9 Å². The van der Waals surface area contributed by atoms with Crippen molar-refractivity contribution < 1.29 is 5.11 Å². The SMILES string of the molecule is CC.CCCNCC(C)O.CCNC1CCC1. The number of hydrogen-bond acceptors (Lipinski definition) is 3. The highest BCUT2D eigenvalue weighted by molar-refractivity contribution is 4.74. The summed E-state index contributed by atoms with van der Waals surface area (Å²) in [5.41, 5.74) is 0. The molecule has 1 saturated carbocycles. The topological polar surface area (TPSA) is 44.3 Å². The minimum absolute atomic E-state index is 0.207. The van der Waals surface area contributed by atoms with Crippen molar-refractivity contribution in [3.05, 3.63) is 0 Å². The molecule has 106 valence electrons. The van der Waals surface area contributed by atoms with Crippen molar-refractivity contribution >= 4 is 0 Å². The Morgan fingerprint density at radius 3 is 2.06 bits per heavy atom. The van der Waals surface area contributed by atoms with Gasteiger partial charge in [-0.05, 0) is 39.3 Å². The first-order chi connectivity index (χ1) is 8.20. The summed E-state index contributed by atoms with van der Waals surface area (Å²) in [5.74, 6) is 0. The molecule has 0 bridgehead atoms. The van der Waals surface area contributed by atoms with E-state index in [9.17, 15) is 0 Å². The van der Waals surface area contributed by atoms with E-state index in [4.69, 9.17) is 5.11 Å². The Hall–Kier alpha value is -0.120. The van der Waals surface area contributed by atoms with E-state index in [1.165, 1.54) is 19.3 Å². The summed E-state index contributed by atoms with van der Waals surface area (Å²) in [6.45, 7) is 12.9. The molecule has 17 heavy (non-hydrogen) atoms. The van der Waals surface area contributed by atoms with Crippen molar-refractivity contribution in [2.45, 2.75) is 72.4 Å². The predicted octanol–water partition coefficient (Wildman–Crippen LogP) is 2.54. The lowest BCUT2D eigenvalue weighted by atomic mass is 9.93. The van der Waals surface area contributed by atoms with E-state index in [2.05, 4.69) is 24.5 Å². The highest BCUT2D eigenvalue weighted by atomic mass is 16.3. The fourth-order valence-electron chi connectivity index (χ4n) is 1.39. The van der Waals surface area contributed by atoms with Crippen molar-refractivity contribution in [3.8, 4) is 0 Å². The number of aliphatic hydroxyl groups excluding tert-OH is 1. The van der Waals surface area contributed by atoms with Crippen LogP contribution in [0.15, 0.2) is 0 Å². The maximum Gasteiger partial charge on any atom is 0.0636 e. The molecule has 3 heteroatoms. The van der Waals surface area contributed by atoms with Crippen LogP contribution in [0.25, 0.3) is 0 Å². The molecule has 0 aromatic rings. The highest BCUT2D eigenvalue weighted by Crippen LogP contribution is 2.17. The van der Waals surface area contributed by atoms with Gasteiger partial charge in [0.15, 0.2) is 0 Å². The first-order valence-electron chi connectivity index (χ1n) is 7.32. The largest absolute Gasteiger partial charge is 0.392 e. The molecule has 0 aromatic heterocycles. The molecule has 0 radical (unpaired) electrons. The number of aliphatic hydroxyl groups is 1. The average Bonchev–Trinajstić information content (AvgIpc) is 2.27. The molecule has 1 aliphatic carbocycles. The van der Waals surface area contributed by atoms with Crippen LogP contribution >= 0.6 is 0 Å². The molecule has 1 fully saturated rings. The second kappa shape index (κ2) is 15.9. The Labute approximate surface area is 108 Å². The van der Waals surface area contributed by atoms with Crippen LogP contribution in [0, 0.1) is 0 Å². The van der Waals surface area contributed by atoms with E-state index in [1.807, 2.05) is 13.8 Å². The van der Waals surface area contributed by atoms with Gasteiger partial charge in [0.25, 0.3) is 0 Å². The Balaban J connectivity index is 0. The van der Waals surface area contributed by atoms with E-state index in [-0.39, 0.29) is 6.10 Å². The monoisotopic (exact) mass is 246 g/mol. The van der Waals surface area contributed by atoms with Gasteiger partial charge >= 0.3 is 0 Å². The fourth-order valence-corrected chi connectivity index (χ4v) is 1.39. The standard InChI is InChI=1S/C6H15NO.C6H13N.C2H6/c1-3-4-7-5-6(2)8;1-2-7-6-4-3-5-6;1-2/h6-8H,3-5H2,1-2H3;6-7H,2-5H2,1H3;1-2H3. The molecule has 1 unspecified atom stereocenters. The molecule has 1 rings (SSSR count). The molecule has 1 atom stereocenters. The molecule has 0 aromatic carbocycles. The van der Waals surface area contributed by atoms with Crippen LogP contribution < -0.4 is 10.6 Å². The van der Waals surface area contributed by atoms with Gasteiger partial charge in [-0.2, -0.15) is 0 Å². The van der Waals surface area contributed by atoms with Gasteiger partial charge in [0.2, 0.25) is 0 Å². The third-order valence-corrected chi connectivity index (χ3v) is 2.46. The van der Waals surface area contributed by atoms with Gasteiger partial charge < -0.3 is 15.7 Å². The molecular formula is C14H34N2O. The van der Waals surface area contributed by atoms with Crippen molar-refractivity contribution in [1.82, 2.24) is 10.6 Å². The van der Waals surface area contributed by atoms with E-state index in [1.54, 1.807) is 6.92 Å². The average molecular weight is 246 g/mol. The van der Waals surface area contributed by atoms with Gasteiger partial charge in [0.1, 0.15) is 0 Å². The van der Waals surface area contributed by atoms with Crippen molar-refractivity contribution in [2.75, 3.05) is 19.6 Å². The van der Waals surface area contributed by atoms with Gasteiger partial charge in [-0.25, -0.2) is 0 Å². The fraction of sp³-hybridized carbons (Fsp3) is 1.00. The third kappa shape index (κ3) is 15.9. The van der Waals surface area contributed by atoms with Crippen molar-refractivity contribution in [3.63, 3.8) is 0 Å². The molecule has 0 aliphatic heterocycles. The van der Waals surface area contributed by atoms with E-state index >= 15 is 0 Å². The van der Waals surface area contributed by atoms with Gasteiger partial charge in [-0.1, -0.05) is 34.1 Å². The Bertz CT molecular complexity index is 125. The van der Waals surface area contributed by atoms with Gasteiger partial charge in [0.05, 0.1) is 6.10 Å². The van der Waals surface area contributed by atoms with E-state index < -0.39 is 0 Å². The summed E-state index contributed by atoms with van der Waals surface area (Å²) in [7, 11) is 0. The number of hydrogen-bond donors (Lipinski definition) is 3. The minimum Gasteiger partial charge on any atom is -0.392 e. The molecule has 3 N–H and O–H groups in total. The summed E-state index contributed by atoms with van der Waals surface area (Å²) >= 11 is 0. The van der Waals surface area contributed by atoms with Crippen LogP contribution in [0.1, 0.15) is 60.3 Å². The maximum atomic E-state index is 8.72. The zero-order valence-corrected chi connectivity index (χ0v) is 12.6. The van der Waals surface area contributed by atoms with Gasteiger partial charge in [-0.3, -0.25) is 0 Å². The zero-order valence-electron chi connectivity index (χ0n) is 12.6. The summed E-state index contributed by atoms with van der Waals surface area (Å²) in [6, 6.07) is 0.880. The molecule has 0 heterocycles. The Morgan fingerprint density at radius 2 is 1.82 bits per heavy atom. The molecule has 0 amide bonds. The molecule has 3 nitrogen and oxygen atoms in total. The predicted molar refractivity (Wildman–Crippen MR) is 77.5 cm³/mol. The summed E-state index contributed by atoms with van der Waals surface area (Å²) < 4.78 is 0. The number of rotatable bonds is 6. The Morgan fingerprint density at radius 1 is 1.24 bits per heavy atom. The second-order valence-corrected chi connectivity index (χ2v) is 4.24. The smallest absolute Gasteiger partial charge is 0.0636 e. The van der Waals surface area contributed by atoms with Crippen LogP contribution in [0.4, 0.5) is 0 Å². The lowest BCUT2D eigenvalue weighted by Gasteiger charge is -2.25. The van der Waals surface area contributed by atoms with Gasteiger partial charge in [-0.15, -0.1) is 0 Å². The Kier molecular flexibility index (Phi) is 18.0. The zero-order chi connectivity index (χ0) is 13.5. The number of nitrogens with one attached hydrogen (secondary N) is 2. The first-order valence-corrected chi connectivity index (χ1v) is 7.32. The lowest BCUT2D eigenvalue weighted by molar-refractivity contribution is 0.191. The lowest BCUT2D eigenvalue weighted by Crippen LogP contribution is -2.34.